The number of methoxy groups -OCH3 is 1. The third-order valence-electron chi connectivity index (χ3n) is 2.90. The number of nitrogens with two attached hydrogens (primary N) is 1. The van der Waals surface area contributed by atoms with Crippen LogP contribution in [0, 0.1) is 0 Å². The van der Waals surface area contributed by atoms with Gasteiger partial charge in [0.1, 0.15) is 5.75 Å². The largest absolute Gasteiger partial charge is 0.497 e. The quantitative estimate of drug-likeness (QED) is 0.669. The normalized spacial score (nSPS) is 12.3. The standard InChI is InChI=1S/C16H23N5O/c1-16(2,3)19-15(17)18-11-12-9-10-21(20-12)13-5-7-14(22-4)8-6-13/h5-10H,11H2,1-4H3,(H3,17,18,19). The molecule has 2 aromatic rings. The van der Waals surface area contributed by atoms with Crippen molar-refractivity contribution >= 4 is 5.96 Å². The third kappa shape index (κ3) is 4.51. The molecule has 1 heterocycles. The molecule has 1 aromatic carbocycles. The summed E-state index contributed by atoms with van der Waals surface area (Å²) >= 11 is 0. The smallest absolute Gasteiger partial charge is 0.189 e. The molecule has 1 aromatic heterocycles. The molecule has 22 heavy (non-hydrogen) atoms. The average molecular weight is 301 g/mol. The van der Waals surface area contributed by atoms with Crippen molar-refractivity contribution in [1.29, 1.82) is 0 Å². The SMILES string of the molecule is COc1ccc(-n2ccc(CN=C(N)NC(C)(C)C)n2)cc1. The van der Waals surface area contributed by atoms with E-state index < -0.39 is 0 Å². The molecule has 6 nitrogen and oxygen atoms in total. The molecule has 3 N–H and O–H groups in total. The molecule has 0 bridgehead atoms. The predicted octanol–water partition coefficient (Wildman–Crippen LogP) is 2.08. The van der Waals surface area contributed by atoms with Gasteiger partial charge in [-0.1, -0.05) is 0 Å². The lowest BCUT2D eigenvalue weighted by molar-refractivity contribution is 0.414. The number of nitrogens with one attached hydrogen (secondary N) is 1. The molecule has 0 radical (unpaired) electrons. The molecule has 0 amide bonds. The van der Waals surface area contributed by atoms with Gasteiger partial charge < -0.3 is 15.8 Å². The lowest BCUT2D eigenvalue weighted by atomic mass is 10.1. The number of aromatic nitrogens is 2. The average Bonchev–Trinajstić information content (AvgIpc) is 2.92. The molecule has 2 rings (SSSR count). The molecule has 0 fully saturated rings. The lowest BCUT2D eigenvalue weighted by Crippen LogP contribution is -2.44. The van der Waals surface area contributed by atoms with E-state index in [1.54, 1.807) is 11.8 Å². The van der Waals surface area contributed by atoms with Gasteiger partial charge in [-0.05, 0) is 51.1 Å². The zero-order valence-corrected chi connectivity index (χ0v) is 13.5. The molecule has 0 unspecified atom stereocenters. The van der Waals surface area contributed by atoms with Crippen LogP contribution in [0.4, 0.5) is 0 Å². The fraction of sp³-hybridized carbons (Fsp3) is 0.375. The number of nitrogens with zero attached hydrogens (tertiary/aromatic N) is 3. The summed E-state index contributed by atoms with van der Waals surface area (Å²) in [4.78, 5) is 4.30. The van der Waals surface area contributed by atoms with Crippen molar-refractivity contribution in [3.63, 3.8) is 0 Å². The summed E-state index contributed by atoms with van der Waals surface area (Å²) < 4.78 is 6.95. The highest BCUT2D eigenvalue weighted by molar-refractivity contribution is 5.78. The Labute approximate surface area is 131 Å². The monoisotopic (exact) mass is 301 g/mol. The predicted molar refractivity (Wildman–Crippen MR) is 88.3 cm³/mol. The number of hydrogen-bond donors (Lipinski definition) is 2. The first kappa shape index (κ1) is 15.9. The van der Waals surface area contributed by atoms with E-state index in [9.17, 15) is 0 Å². The van der Waals surface area contributed by atoms with Gasteiger partial charge >= 0.3 is 0 Å². The molecule has 118 valence electrons. The Balaban J connectivity index is 2.03. The second kappa shape index (κ2) is 6.51. The first-order valence-electron chi connectivity index (χ1n) is 7.14. The molecule has 0 aliphatic heterocycles. The van der Waals surface area contributed by atoms with Crippen molar-refractivity contribution in [3.05, 3.63) is 42.2 Å². The Morgan fingerprint density at radius 1 is 1.27 bits per heavy atom. The van der Waals surface area contributed by atoms with Crippen molar-refractivity contribution in [1.82, 2.24) is 15.1 Å². The van der Waals surface area contributed by atoms with E-state index in [1.165, 1.54) is 0 Å². The Hall–Kier alpha value is -2.50. The Morgan fingerprint density at radius 2 is 1.95 bits per heavy atom. The minimum atomic E-state index is -0.101. The zero-order valence-electron chi connectivity index (χ0n) is 13.5. The van der Waals surface area contributed by atoms with Crippen molar-refractivity contribution in [3.8, 4) is 11.4 Å². The summed E-state index contributed by atoms with van der Waals surface area (Å²) in [5.74, 6) is 1.24. The van der Waals surface area contributed by atoms with Crippen LogP contribution in [0.1, 0.15) is 26.5 Å². The third-order valence-corrected chi connectivity index (χ3v) is 2.90. The lowest BCUT2D eigenvalue weighted by Gasteiger charge is -2.20. The van der Waals surface area contributed by atoms with Gasteiger partial charge in [0.05, 0.1) is 25.0 Å². The van der Waals surface area contributed by atoms with Crippen LogP contribution >= 0.6 is 0 Å². The van der Waals surface area contributed by atoms with Crippen molar-refractivity contribution in [2.45, 2.75) is 32.9 Å². The van der Waals surface area contributed by atoms with E-state index in [-0.39, 0.29) is 5.54 Å². The van der Waals surface area contributed by atoms with Gasteiger partial charge in [-0.2, -0.15) is 5.10 Å². The van der Waals surface area contributed by atoms with Crippen LogP contribution in [0.2, 0.25) is 0 Å². The summed E-state index contributed by atoms with van der Waals surface area (Å²) in [6.45, 7) is 6.55. The second-order valence-electron chi connectivity index (χ2n) is 6.03. The molecule has 6 heteroatoms. The van der Waals surface area contributed by atoms with Crippen LogP contribution in [0.3, 0.4) is 0 Å². The van der Waals surface area contributed by atoms with Crippen LogP contribution in [-0.2, 0) is 6.54 Å². The summed E-state index contributed by atoms with van der Waals surface area (Å²) in [7, 11) is 1.65. The van der Waals surface area contributed by atoms with Crippen LogP contribution in [0.15, 0.2) is 41.5 Å². The van der Waals surface area contributed by atoms with Crippen molar-refractivity contribution in [2.75, 3.05) is 7.11 Å². The maximum Gasteiger partial charge on any atom is 0.189 e. The van der Waals surface area contributed by atoms with E-state index in [0.717, 1.165) is 17.1 Å². The van der Waals surface area contributed by atoms with Gasteiger partial charge in [0.2, 0.25) is 0 Å². The molecule has 0 atom stereocenters. The summed E-state index contributed by atoms with van der Waals surface area (Å²) in [6.07, 6.45) is 1.90. The number of guanidine groups is 1. The first-order valence-corrected chi connectivity index (χ1v) is 7.14. The van der Waals surface area contributed by atoms with Gasteiger partial charge in [0, 0.05) is 11.7 Å². The molecule has 0 spiro atoms. The first-order chi connectivity index (χ1) is 10.4. The van der Waals surface area contributed by atoms with E-state index in [2.05, 4.69) is 15.4 Å². The minimum absolute atomic E-state index is 0.101. The van der Waals surface area contributed by atoms with Crippen LogP contribution < -0.4 is 15.8 Å². The van der Waals surface area contributed by atoms with Crippen LogP contribution in [-0.4, -0.2) is 28.4 Å². The fourth-order valence-corrected chi connectivity index (χ4v) is 1.91. The van der Waals surface area contributed by atoms with Gasteiger partial charge in [0.15, 0.2) is 5.96 Å². The van der Waals surface area contributed by atoms with E-state index in [0.29, 0.717) is 12.5 Å². The fourth-order valence-electron chi connectivity index (χ4n) is 1.91. The Bertz CT molecular complexity index is 637. The van der Waals surface area contributed by atoms with Gasteiger partial charge in [-0.25, -0.2) is 9.67 Å². The van der Waals surface area contributed by atoms with Crippen molar-refractivity contribution < 1.29 is 4.74 Å². The Kier molecular flexibility index (Phi) is 4.70. The second-order valence-corrected chi connectivity index (χ2v) is 6.03. The van der Waals surface area contributed by atoms with Crippen molar-refractivity contribution in [2.24, 2.45) is 10.7 Å². The summed E-state index contributed by atoms with van der Waals surface area (Å²) in [6, 6.07) is 9.64. The molecule has 0 aliphatic rings. The molecule has 0 saturated carbocycles. The molecule has 0 saturated heterocycles. The number of rotatable bonds is 4. The van der Waals surface area contributed by atoms with Crippen LogP contribution in [0.5, 0.6) is 5.75 Å². The van der Waals surface area contributed by atoms with Gasteiger partial charge in [-0.15, -0.1) is 0 Å². The van der Waals surface area contributed by atoms with Crippen LogP contribution in [0.25, 0.3) is 5.69 Å². The number of benzene rings is 1. The molecular formula is C16H23N5O. The highest BCUT2D eigenvalue weighted by atomic mass is 16.5. The maximum atomic E-state index is 5.85. The summed E-state index contributed by atoms with van der Waals surface area (Å²) in [5, 5.41) is 7.61. The van der Waals surface area contributed by atoms with E-state index in [4.69, 9.17) is 10.5 Å². The number of hydrogen-bond acceptors (Lipinski definition) is 3. The highest BCUT2D eigenvalue weighted by Gasteiger charge is 2.09. The maximum absolute atomic E-state index is 5.85. The number of ether oxygens (including phenoxy) is 1. The zero-order chi connectivity index (χ0) is 16.2. The van der Waals surface area contributed by atoms with Gasteiger partial charge in [-0.3, -0.25) is 0 Å². The molecular weight excluding hydrogens is 278 g/mol. The van der Waals surface area contributed by atoms with E-state index in [1.807, 2.05) is 57.3 Å². The topological polar surface area (TPSA) is 77.5 Å². The van der Waals surface area contributed by atoms with E-state index >= 15 is 0 Å². The minimum Gasteiger partial charge on any atom is -0.497 e. The van der Waals surface area contributed by atoms with Gasteiger partial charge in [0.25, 0.3) is 0 Å². The Morgan fingerprint density at radius 3 is 2.55 bits per heavy atom. The molecule has 0 aliphatic carbocycles. The number of aliphatic imine (C=N–C) groups is 1. The summed E-state index contributed by atoms with van der Waals surface area (Å²) in [5.41, 5.74) is 7.57. The highest BCUT2D eigenvalue weighted by Crippen LogP contribution is 2.14.